The molecule has 35 heavy (non-hydrogen) atoms. The van der Waals surface area contributed by atoms with Crippen LogP contribution in [-0.4, -0.2) is 34.1 Å². The highest BCUT2D eigenvalue weighted by molar-refractivity contribution is 8.18. The number of halogens is 1. The quantitative estimate of drug-likeness (QED) is 0.245. The molecule has 1 aliphatic heterocycles. The molecule has 0 bridgehead atoms. The maximum atomic E-state index is 13.1. The van der Waals surface area contributed by atoms with Gasteiger partial charge in [0, 0.05) is 23.3 Å². The van der Waals surface area contributed by atoms with Gasteiger partial charge >= 0.3 is 0 Å². The molecule has 1 fully saturated rings. The fourth-order valence-corrected chi connectivity index (χ4v) is 4.51. The van der Waals surface area contributed by atoms with Gasteiger partial charge in [-0.2, -0.15) is 0 Å². The first-order chi connectivity index (χ1) is 17.1. The minimum absolute atomic E-state index is 0.137. The summed E-state index contributed by atoms with van der Waals surface area (Å²) in [5.41, 5.74) is 1.70. The molecule has 1 aliphatic rings. The highest BCUT2D eigenvalue weighted by Gasteiger charge is 2.32. The number of benzene rings is 2. The Kier molecular flexibility index (Phi) is 8.23. The van der Waals surface area contributed by atoms with Gasteiger partial charge < -0.3 is 9.47 Å². The summed E-state index contributed by atoms with van der Waals surface area (Å²) in [5, 5.41) is 1.21. The Bertz CT molecular complexity index is 1280. The average molecular weight is 506 g/mol. The molecule has 2 heterocycles. The Hall–Kier alpha value is -3.55. The van der Waals surface area contributed by atoms with Crippen LogP contribution in [0.4, 0.5) is 5.82 Å². The van der Waals surface area contributed by atoms with Crippen molar-refractivity contribution in [2.24, 2.45) is 4.99 Å². The van der Waals surface area contributed by atoms with E-state index in [2.05, 4.69) is 16.6 Å². The third-order valence-corrected chi connectivity index (χ3v) is 6.34. The average Bonchev–Trinajstić information content (AvgIpc) is 3.14. The Balaban J connectivity index is 1.58. The largest absolute Gasteiger partial charge is 0.490 e. The zero-order valence-electron chi connectivity index (χ0n) is 19.2. The van der Waals surface area contributed by atoms with Crippen LogP contribution in [0.5, 0.6) is 11.5 Å². The van der Waals surface area contributed by atoms with Crippen molar-refractivity contribution in [1.29, 1.82) is 0 Å². The second-order valence-electron chi connectivity index (χ2n) is 7.42. The Morgan fingerprint density at radius 2 is 1.94 bits per heavy atom. The highest BCUT2D eigenvalue weighted by Crippen LogP contribution is 2.36. The number of nitrogens with zero attached hydrogens (tertiary/aromatic N) is 3. The summed E-state index contributed by atoms with van der Waals surface area (Å²) in [4.78, 5) is 24.0. The normalized spacial score (nSPS) is 15.6. The van der Waals surface area contributed by atoms with Crippen molar-refractivity contribution in [1.82, 2.24) is 9.88 Å². The molecule has 0 radical (unpaired) electrons. The van der Waals surface area contributed by atoms with Gasteiger partial charge in [0.25, 0.3) is 5.91 Å². The van der Waals surface area contributed by atoms with E-state index in [1.54, 1.807) is 23.2 Å². The Morgan fingerprint density at radius 3 is 2.69 bits per heavy atom. The van der Waals surface area contributed by atoms with E-state index < -0.39 is 0 Å². The standard InChI is InChI=1S/C27H24ClN3O3S/c1-3-15-31-26(32)24(35-27(31)30-25-11-7-8-14-29-25)17-19-12-13-22(23(16-19)33-4-2)34-18-20-9-5-6-10-21(20)28/h3,5-14,16-17H,1,4,15,18H2,2H3/b24-17-,30-27+. The van der Waals surface area contributed by atoms with E-state index in [0.717, 1.165) is 11.1 Å². The van der Waals surface area contributed by atoms with E-state index in [1.165, 1.54) is 11.8 Å². The van der Waals surface area contributed by atoms with E-state index in [4.69, 9.17) is 21.1 Å². The first-order valence-corrected chi connectivity index (χ1v) is 12.2. The number of pyridine rings is 1. The number of hydrogen-bond donors (Lipinski definition) is 0. The molecule has 178 valence electrons. The van der Waals surface area contributed by atoms with Crippen LogP contribution < -0.4 is 9.47 Å². The Labute approximate surface area is 213 Å². The van der Waals surface area contributed by atoms with Crippen molar-refractivity contribution >= 4 is 46.3 Å². The lowest BCUT2D eigenvalue weighted by molar-refractivity contribution is -0.121. The van der Waals surface area contributed by atoms with Gasteiger partial charge in [-0.1, -0.05) is 48.0 Å². The van der Waals surface area contributed by atoms with Crippen molar-refractivity contribution in [3.05, 3.63) is 101 Å². The summed E-state index contributed by atoms with van der Waals surface area (Å²) in [6, 6.07) is 18.6. The van der Waals surface area contributed by atoms with Crippen LogP contribution in [0.15, 0.2) is 89.4 Å². The molecule has 8 heteroatoms. The summed E-state index contributed by atoms with van der Waals surface area (Å²) in [6.07, 6.45) is 5.16. The van der Waals surface area contributed by atoms with Gasteiger partial charge in [-0.05, 0) is 60.7 Å². The molecule has 0 atom stereocenters. The number of thioether (sulfide) groups is 1. The third kappa shape index (κ3) is 6.12. The summed E-state index contributed by atoms with van der Waals surface area (Å²) in [7, 11) is 0. The van der Waals surface area contributed by atoms with E-state index in [0.29, 0.717) is 52.2 Å². The molecule has 1 saturated heterocycles. The van der Waals surface area contributed by atoms with Crippen LogP contribution in [0.3, 0.4) is 0 Å². The van der Waals surface area contributed by atoms with Gasteiger partial charge in [0.05, 0.1) is 11.5 Å². The van der Waals surface area contributed by atoms with Gasteiger partial charge in [-0.3, -0.25) is 9.69 Å². The lowest BCUT2D eigenvalue weighted by Crippen LogP contribution is -2.29. The van der Waals surface area contributed by atoms with Crippen LogP contribution in [0, 0.1) is 0 Å². The van der Waals surface area contributed by atoms with Crippen LogP contribution in [0.2, 0.25) is 5.02 Å². The molecule has 2 aromatic carbocycles. The third-order valence-electron chi connectivity index (χ3n) is 4.97. The van der Waals surface area contributed by atoms with Gasteiger partial charge in [0.1, 0.15) is 6.61 Å². The van der Waals surface area contributed by atoms with Gasteiger partial charge in [0.15, 0.2) is 22.5 Å². The fraction of sp³-hybridized carbons (Fsp3) is 0.148. The van der Waals surface area contributed by atoms with E-state index >= 15 is 0 Å². The molecule has 0 N–H and O–H groups in total. The smallest absolute Gasteiger partial charge is 0.267 e. The zero-order chi connectivity index (χ0) is 24.6. The minimum Gasteiger partial charge on any atom is -0.490 e. The second-order valence-corrected chi connectivity index (χ2v) is 8.83. The van der Waals surface area contributed by atoms with Gasteiger partial charge in [0.2, 0.25) is 0 Å². The number of carbonyl (C=O) groups excluding carboxylic acids is 1. The summed E-state index contributed by atoms with van der Waals surface area (Å²) in [5.74, 6) is 1.60. The molecule has 0 unspecified atom stereocenters. The fourth-order valence-electron chi connectivity index (χ4n) is 3.32. The summed E-state index contributed by atoms with van der Waals surface area (Å²) >= 11 is 7.55. The highest BCUT2D eigenvalue weighted by atomic mass is 35.5. The van der Waals surface area contributed by atoms with Gasteiger partial charge in [-0.25, -0.2) is 9.98 Å². The maximum Gasteiger partial charge on any atom is 0.267 e. The van der Waals surface area contributed by atoms with Crippen molar-refractivity contribution in [3.8, 4) is 11.5 Å². The molecule has 0 spiro atoms. The first-order valence-electron chi connectivity index (χ1n) is 11.0. The van der Waals surface area contributed by atoms with Crippen molar-refractivity contribution < 1.29 is 14.3 Å². The number of amidine groups is 1. The van der Waals surface area contributed by atoms with Crippen LogP contribution >= 0.6 is 23.4 Å². The molecule has 0 saturated carbocycles. The lowest BCUT2D eigenvalue weighted by atomic mass is 10.1. The van der Waals surface area contributed by atoms with Crippen molar-refractivity contribution in [2.45, 2.75) is 13.5 Å². The monoisotopic (exact) mass is 505 g/mol. The Morgan fingerprint density at radius 1 is 1.11 bits per heavy atom. The predicted molar refractivity (Wildman–Crippen MR) is 142 cm³/mol. The lowest BCUT2D eigenvalue weighted by Gasteiger charge is -2.13. The molecular weight excluding hydrogens is 482 g/mol. The van der Waals surface area contributed by atoms with Gasteiger partial charge in [-0.15, -0.1) is 6.58 Å². The number of aliphatic imine (C=N–C) groups is 1. The van der Waals surface area contributed by atoms with Crippen molar-refractivity contribution in [2.75, 3.05) is 13.2 Å². The predicted octanol–water partition coefficient (Wildman–Crippen LogP) is 6.50. The van der Waals surface area contributed by atoms with Crippen LogP contribution in [-0.2, 0) is 11.4 Å². The second kappa shape index (κ2) is 11.7. The SMILES string of the molecule is C=CCN1C(=O)/C(=C/c2ccc(OCc3ccccc3Cl)c(OCC)c2)S/C1=N/c1ccccn1. The number of carbonyl (C=O) groups is 1. The van der Waals surface area contributed by atoms with Crippen LogP contribution in [0.1, 0.15) is 18.1 Å². The zero-order valence-corrected chi connectivity index (χ0v) is 20.8. The van der Waals surface area contributed by atoms with Crippen LogP contribution in [0.25, 0.3) is 6.08 Å². The van der Waals surface area contributed by atoms with E-state index in [-0.39, 0.29) is 5.91 Å². The molecule has 3 aromatic rings. The number of rotatable bonds is 9. The summed E-state index contributed by atoms with van der Waals surface area (Å²) < 4.78 is 11.8. The molecule has 1 amide bonds. The first kappa shape index (κ1) is 24.6. The number of amides is 1. The number of ether oxygens (including phenoxy) is 2. The summed E-state index contributed by atoms with van der Waals surface area (Å²) in [6.45, 7) is 6.82. The molecule has 6 nitrogen and oxygen atoms in total. The molecule has 1 aromatic heterocycles. The topological polar surface area (TPSA) is 64.0 Å². The van der Waals surface area contributed by atoms with E-state index in [1.807, 2.05) is 67.6 Å². The molecular formula is C27H24ClN3O3S. The molecule has 4 rings (SSSR count). The van der Waals surface area contributed by atoms with Crippen molar-refractivity contribution in [3.63, 3.8) is 0 Å². The molecule has 0 aliphatic carbocycles. The number of hydrogen-bond acceptors (Lipinski definition) is 6. The minimum atomic E-state index is -0.137. The maximum absolute atomic E-state index is 13.1. The number of aromatic nitrogens is 1. The van der Waals surface area contributed by atoms with E-state index in [9.17, 15) is 4.79 Å².